The standard InChI is InChI=1S/C20H25N5O3S/c1-14(2)25-19-11-10-17(12-18(19)22-23-25)29(27,28)24(4)13-20(26)21-15(3)16-8-6-5-7-9-16/h5-12,14-15H,13H2,1-4H3,(H,21,26)/t15-/m1/s1. The van der Waals surface area contributed by atoms with E-state index in [9.17, 15) is 13.2 Å². The first-order valence-corrected chi connectivity index (χ1v) is 10.8. The van der Waals surface area contributed by atoms with Gasteiger partial charge in [0.15, 0.2) is 0 Å². The van der Waals surface area contributed by atoms with Gasteiger partial charge in [-0.05, 0) is 44.5 Å². The first kappa shape index (κ1) is 20.9. The molecule has 1 heterocycles. The third-order valence-corrected chi connectivity index (χ3v) is 6.48. The van der Waals surface area contributed by atoms with Crippen molar-refractivity contribution in [2.75, 3.05) is 13.6 Å². The van der Waals surface area contributed by atoms with Gasteiger partial charge < -0.3 is 5.32 Å². The Kier molecular flexibility index (Phi) is 5.99. The number of carbonyl (C=O) groups excluding carboxylic acids is 1. The molecule has 2 aromatic carbocycles. The fourth-order valence-corrected chi connectivity index (χ4v) is 4.19. The van der Waals surface area contributed by atoms with E-state index >= 15 is 0 Å². The molecule has 0 bridgehead atoms. The van der Waals surface area contributed by atoms with Crippen LogP contribution in [-0.2, 0) is 14.8 Å². The first-order valence-electron chi connectivity index (χ1n) is 9.35. The van der Waals surface area contributed by atoms with Gasteiger partial charge in [-0.2, -0.15) is 4.31 Å². The van der Waals surface area contributed by atoms with E-state index in [4.69, 9.17) is 0 Å². The fraction of sp³-hybridized carbons (Fsp3) is 0.350. The first-order chi connectivity index (χ1) is 13.7. The monoisotopic (exact) mass is 415 g/mol. The normalized spacial score (nSPS) is 13.2. The maximum atomic E-state index is 12.9. The zero-order valence-corrected chi connectivity index (χ0v) is 17.7. The van der Waals surface area contributed by atoms with Crippen LogP contribution >= 0.6 is 0 Å². The molecule has 0 saturated heterocycles. The average molecular weight is 416 g/mol. The molecule has 0 aliphatic heterocycles. The summed E-state index contributed by atoms with van der Waals surface area (Å²) in [6.07, 6.45) is 0. The number of benzene rings is 2. The van der Waals surface area contributed by atoms with E-state index in [0.717, 1.165) is 15.4 Å². The molecule has 1 N–H and O–H groups in total. The number of amides is 1. The number of aromatic nitrogens is 3. The summed E-state index contributed by atoms with van der Waals surface area (Å²) in [7, 11) is -2.46. The minimum absolute atomic E-state index is 0.0761. The lowest BCUT2D eigenvalue weighted by Crippen LogP contribution is -2.39. The molecule has 0 unspecified atom stereocenters. The van der Waals surface area contributed by atoms with E-state index < -0.39 is 10.0 Å². The molecule has 0 aliphatic carbocycles. The number of rotatable bonds is 7. The maximum absolute atomic E-state index is 12.9. The van der Waals surface area contributed by atoms with Gasteiger partial charge in [0, 0.05) is 13.1 Å². The summed E-state index contributed by atoms with van der Waals surface area (Å²) < 4.78 is 28.6. The summed E-state index contributed by atoms with van der Waals surface area (Å²) in [5.41, 5.74) is 2.21. The van der Waals surface area contributed by atoms with Gasteiger partial charge in [0.1, 0.15) is 5.52 Å². The lowest BCUT2D eigenvalue weighted by molar-refractivity contribution is -0.121. The summed E-state index contributed by atoms with van der Waals surface area (Å²) in [6.45, 7) is 5.52. The summed E-state index contributed by atoms with van der Waals surface area (Å²) in [6, 6.07) is 14.1. The molecule has 8 nitrogen and oxygen atoms in total. The van der Waals surface area contributed by atoms with Crippen molar-refractivity contribution in [3.8, 4) is 0 Å². The van der Waals surface area contributed by atoms with Crippen molar-refractivity contribution >= 4 is 27.0 Å². The molecule has 0 radical (unpaired) electrons. The van der Waals surface area contributed by atoms with Gasteiger partial charge >= 0.3 is 0 Å². The lowest BCUT2D eigenvalue weighted by Gasteiger charge is -2.19. The van der Waals surface area contributed by atoms with E-state index in [1.54, 1.807) is 10.7 Å². The number of nitrogens with zero attached hydrogens (tertiary/aromatic N) is 4. The van der Waals surface area contributed by atoms with Gasteiger partial charge in [-0.25, -0.2) is 13.1 Å². The van der Waals surface area contributed by atoms with Crippen LogP contribution in [0.25, 0.3) is 11.0 Å². The van der Waals surface area contributed by atoms with E-state index in [2.05, 4.69) is 15.6 Å². The van der Waals surface area contributed by atoms with Gasteiger partial charge in [-0.1, -0.05) is 35.5 Å². The van der Waals surface area contributed by atoms with Gasteiger partial charge in [0.05, 0.1) is 23.0 Å². The van der Waals surface area contributed by atoms with Crippen molar-refractivity contribution < 1.29 is 13.2 Å². The number of nitrogens with one attached hydrogen (secondary N) is 1. The van der Waals surface area contributed by atoms with Crippen LogP contribution < -0.4 is 5.32 Å². The highest BCUT2D eigenvalue weighted by Gasteiger charge is 2.24. The topological polar surface area (TPSA) is 97.2 Å². The second kappa shape index (κ2) is 8.30. The molecule has 1 amide bonds. The number of hydrogen-bond donors (Lipinski definition) is 1. The third kappa shape index (κ3) is 4.46. The molecule has 3 aromatic rings. The minimum atomic E-state index is -3.84. The number of sulfonamides is 1. The summed E-state index contributed by atoms with van der Waals surface area (Å²) in [5.74, 6) is -0.376. The molecule has 3 rings (SSSR count). The van der Waals surface area contributed by atoms with Crippen LogP contribution in [0.4, 0.5) is 0 Å². The van der Waals surface area contributed by atoms with Crippen molar-refractivity contribution in [1.82, 2.24) is 24.6 Å². The Labute approximate surface area is 170 Å². The van der Waals surface area contributed by atoms with Crippen molar-refractivity contribution in [3.63, 3.8) is 0 Å². The third-order valence-electron chi connectivity index (χ3n) is 4.68. The molecule has 0 spiro atoms. The number of likely N-dealkylation sites (N-methyl/N-ethyl adjacent to an activating group) is 1. The molecule has 1 atom stereocenters. The summed E-state index contributed by atoms with van der Waals surface area (Å²) in [5, 5.41) is 11.0. The maximum Gasteiger partial charge on any atom is 0.243 e. The Hall–Kier alpha value is -2.78. The van der Waals surface area contributed by atoms with E-state index in [1.165, 1.54) is 19.2 Å². The highest BCUT2D eigenvalue weighted by atomic mass is 32.2. The Morgan fingerprint density at radius 3 is 2.48 bits per heavy atom. The van der Waals surface area contributed by atoms with Crippen molar-refractivity contribution in [2.45, 2.75) is 37.8 Å². The smallest absolute Gasteiger partial charge is 0.243 e. The molecular weight excluding hydrogens is 390 g/mol. The summed E-state index contributed by atoms with van der Waals surface area (Å²) in [4.78, 5) is 12.4. The highest BCUT2D eigenvalue weighted by Crippen LogP contribution is 2.21. The van der Waals surface area contributed by atoms with Crippen LogP contribution in [0, 0.1) is 0 Å². The zero-order chi connectivity index (χ0) is 21.2. The van der Waals surface area contributed by atoms with Crippen LogP contribution in [-0.4, -0.2) is 47.2 Å². The predicted molar refractivity (Wildman–Crippen MR) is 111 cm³/mol. The Bertz CT molecular complexity index is 1110. The van der Waals surface area contributed by atoms with Gasteiger partial charge in [0.25, 0.3) is 0 Å². The Morgan fingerprint density at radius 1 is 1.14 bits per heavy atom. The van der Waals surface area contributed by atoms with Gasteiger partial charge in [0.2, 0.25) is 15.9 Å². The molecule has 9 heteroatoms. The van der Waals surface area contributed by atoms with E-state index in [0.29, 0.717) is 5.52 Å². The van der Waals surface area contributed by atoms with E-state index in [-0.39, 0.29) is 29.4 Å². The number of hydrogen-bond acceptors (Lipinski definition) is 5. The van der Waals surface area contributed by atoms with Crippen LogP contribution in [0.1, 0.15) is 38.4 Å². The zero-order valence-electron chi connectivity index (χ0n) is 16.9. The Balaban J connectivity index is 1.73. The van der Waals surface area contributed by atoms with Crippen LogP contribution in [0.2, 0.25) is 0 Å². The molecule has 0 fully saturated rings. The SMILES string of the molecule is CC(C)n1nnc2cc(S(=O)(=O)N(C)CC(=O)N[C@H](C)c3ccccc3)ccc21. The van der Waals surface area contributed by atoms with Crippen molar-refractivity contribution in [2.24, 2.45) is 0 Å². The van der Waals surface area contributed by atoms with Crippen LogP contribution in [0.3, 0.4) is 0 Å². The number of carbonyl (C=O) groups is 1. The molecule has 0 aliphatic rings. The van der Waals surface area contributed by atoms with Gasteiger partial charge in [-0.3, -0.25) is 4.79 Å². The second-order valence-corrected chi connectivity index (χ2v) is 9.28. The lowest BCUT2D eigenvalue weighted by atomic mass is 10.1. The molecule has 0 saturated carbocycles. The van der Waals surface area contributed by atoms with E-state index in [1.807, 2.05) is 51.1 Å². The van der Waals surface area contributed by atoms with Crippen LogP contribution in [0.15, 0.2) is 53.4 Å². The van der Waals surface area contributed by atoms with Crippen LogP contribution in [0.5, 0.6) is 0 Å². The quantitative estimate of drug-likeness (QED) is 0.639. The van der Waals surface area contributed by atoms with Crippen molar-refractivity contribution in [1.29, 1.82) is 0 Å². The number of fused-ring (bicyclic) bond motifs is 1. The molecule has 1 aromatic heterocycles. The second-order valence-electron chi connectivity index (χ2n) is 7.24. The predicted octanol–water partition coefficient (Wildman–Crippen LogP) is 2.51. The molecule has 29 heavy (non-hydrogen) atoms. The van der Waals surface area contributed by atoms with Crippen molar-refractivity contribution in [3.05, 3.63) is 54.1 Å². The van der Waals surface area contributed by atoms with Gasteiger partial charge in [-0.15, -0.1) is 5.10 Å². The summed E-state index contributed by atoms with van der Waals surface area (Å²) >= 11 is 0. The average Bonchev–Trinajstić information content (AvgIpc) is 3.12. The molecule has 154 valence electrons. The molecular formula is C20H25N5O3S. The fourth-order valence-electron chi connectivity index (χ4n) is 3.04. The Morgan fingerprint density at radius 2 is 1.83 bits per heavy atom. The largest absolute Gasteiger partial charge is 0.348 e. The highest BCUT2D eigenvalue weighted by molar-refractivity contribution is 7.89. The minimum Gasteiger partial charge on any atom is -0.348 e.